The van der Waals surface area contributed by atoms with Crippen LogP contribution in [0.1, 0.15) is 51.7 Å². The number of rotatable bonds is 10. The first-order valence-corrected chi connectivity index (χ1v) is 12.3. The third-order valence-electron chi connectivity index (χ3n) is 4.96. The lowest BCUT2D eigenvalue weighted by atomic mass is 9.78. The molecule has 172 valence electrons. The van der Waals surface area contributed by atoms with Gasteiger partial charge in [-0.2, -0.15) is 0 Å². The third-order valence-corrected chi connectivity index (χ3v) is 6.52. The Morgan fingerprint density at radius 2 is 0.968 bits per heavy atom. The molecule has 8 heteroatoms. The monoisotopic (exact) mass is 544 g/mol. The molecular weight excluding hydrogens is 521 g/mol. The Kier molecular flexibility index (Phi) is 10.3. The molecular formula is C23H26Cl6O2. The number of hydrogen-bond acceptors (Lipinski definition) is 2. The predicted molar refractivity (Wildman–Crippen MR) is 136 cm³/mol. The summed E-state index contributed by atoms with van der Waals surface area (Å²) in [5.74, 6) is 0.905. The summed E-state index contributed by atoms with van der Waals surface area (Å²) in [6, 6.07) is 7.39. The highest BCUT2D eigenvalue weighted by Gasteiger charge is 2.27. The molecule has 0 heterocycles. The van der Waals surface area contributed by atoms with E-state index in [4.69, 9.17) is 79.1 Å². The molecule has 0 aliphatic rings. The second-order valence-corrected chi connectivity index (χ2v) is 11.1. The number of alkyl halides is 2. The van der Waals surface area contributed by atoms with E-state index >= 15 is 0 Å². The Morgan fingerprint density at radius 1 is 0.677 bits per heavy atom. The first-order chi connectivity index (χ1) is 14.4. The van der Waals surface area contributed by atoms with Gasteiger partial charge in [0.15, 0.2) is 11.5 Å². The van der Waals surface area contributed by atoms with Crippen molar-refractivity contribution in [2.45, 2.75) is 56.7 Å². The summed E-state index contributed by atoms with van der Waals surface area (Å²) in [5.41, 5.74) is 1.32. The maximum atomic E-state index is 6.49. The van der Waals surface area contributed by atoms with Crippen LogP contribution in [0.4, 0.5) is 0 Å². The van der Waals surface area contributed by atoms with Crippen LogP contribution in [0.25, 0.3) is 0 Å². The van der Waals surface area contributed by atoms with Crippen molar-refractivity contribution in [3.63, 3.8) is 0 Å². The Morgan fingerprint density at radius 3 is 1.23 bits per heavy atom. The van der Waals surface area contributed by atoms with Crippen molar-refractivity contribution in [1.29, 1.82) is 0 Å². The fourth-order valence-corrected chi connectivity index (χ4v) is 4.30. The molecule has 0 aromatic heterocycles. The lowest BCUT2D eigenvalue weighted by molar-refractivity contribution is 0.310. The number of hydrogen-bond donors (Lipinski definition) is 0. The summed E-state index contributed by atoms with van der Waals surface area (Å²) in [6.45, 7) is 8.77. The maximum absolute atomic E-state index is 6.49. The van der Waals surface area contributed by atoms with E-state index in [2.05, 4.69) is 0 Å². The molecule has 2 nitrogen and oxygen atoms in total. The fraction of sp³-hybridized carbons (Fsp3) is 0.478. The highest BCUT2D eigenvalue weighted by molar-refractivity contribution is 6.38. The van der Waals surface area contributed by atoms with E-state index < -0.39 is 5.41 Å². The molecule has 0 fully saturated rings. The minimum atomic E-state index is -0.479. The van der Waals surface area contributed by atoms with Gasteiger partial charge in [0.1, 0.15) is 0 Å². The molecule has 2 unspecified atom stereocenters. The van der Waals surface area contributed by atoms with Crippen molar-refractivity contribution in [2.24, 2.45) is 0 Å². The smallest absolute Gasteiger partial charge is 0.156 e. The zero-order valence-electron chi connectivity index (χ0n) is 17.9. The maximum Gasteiger partial charge on any atom is 0.156 e. The average molecular weight is 547 g/mol. The van der Waals surface area contributed by atoms with Crippen LogP contribution < -0.4 is 9.47 Å². The van der Waals surface area contributed by atoms with Gasteiger partial charge in [0.2, 0.25) is 0 Å². The predicted octanol–water partition coefficient (Wildman–Crippen LogP) is 9.42. The highest BCUT2D eigenvalue weighted by atomic mass is 35.5. The zero-order chi connectivity index (χ0) is 23.3. The zero-order valence-corrected chi connectivity index (χ0v) is 22.4. The second kappa shape index (κ2) is 11.8. The Balaban J connectivity index is 2.30. The topological polar surface area (TPSA) is 18.5 Å². The number of benzene rings is 2. The third kappa shape index (κ3) is 7.39. The molecule has 2 aromatic rings. The van der Waals surface area contributed by atoms with Crippen molar-refractivity contribution in [2.75, 3.05) is 13.2 Å². The van der Waals surface area contributed by atoms with E-state index in [1.54, 1.807) is 0 Å². The fourth-order valence-electron chi connectivity index (χ4n) is 2.93. The summed E-state index contributed by atoms with van der Waals surface area (Å²) in [4.78, 5) is 0. The van der Waals surface area contributed by atoms with Crippen LogP contribution in [0.2, 0.25) is 20.1 Å². The van der Waals surface area contributed by atoms with Crippen LogP contribution in [-0.4, -0.2) is 24.0 Å². The second-order valence-electron chi connectivity index (χ2n) is 8.00. The van der Waals surface area contributed by atoms with Gasteiger partial charge in [-0.3, -0.25) is 0 Å². The van der Waals surface area contributed by atoms with Crippen molar-refractivity contribution < 1.29 is 9.47 Å². The molecule has 0 amide bonds. The standard InChI is InChI=1S/C23H26Cl6O2/c1-13(24)5-7-30-21-17(26)9-15(10-18(21)27)23(3,4)16-11-19(28)22(20(29)12-16)31-8-6-14(2)25/h9-14H,5-8H2,1-4H3. The SMILES string of the molecule is CC(Cl)CCOc1c(Cl)cc(C(C)(C)c2cc(Cl)c(OCCC(C)Cl)c(Cl)c2)cc1Cl. The quantitative estimate of drug-likeness (QED) is 0.276. The molecule has 0 bridgehead atoms. The van der Waals surface area contributed by atoms with Gasteiger partial charge in [0.05, 0.1) is 33.3 Å². The van der Waals surface area contributed by atoms with Gasteiger partial charge in [0, 0.05) is 16.2 Å². The first kappa shape index (κ1) is 27.0. The van der Waals surface area contributed by atoms with Gasteiger partial charge < -0.3 is 9.47 Å². The van der Waals surface area contributed by atoms with Crippen LogP contribution in [0.15, 0.2) is 24.3 Å². The minimum absolute atomic E-state index is 0.00976. The van der Waals surface area contributed by atoms with E-state index in [0.717, 1.165) is 11.1 Å². The number of halogens is 6. The van der Waals surface area contributed by atoms with E-state index in [-0.39, 0.29) is 10.8 Å². The summed E-state index contributed by atoms with van der Waals surface area (Å²) in [6.07, 6.45) is 1.38. The Hall–Kier alpha value is -0.220. The molecule has 2 aromatic carbocycles. The molecule has 0 saturated carbocycles. The van der Waals surface area contributed by atoms with Gasteiger partial charge in [-0.1, -0.05) is 60.3 Å². The van der Waals surface area contributed by atoms with Gasteiger partial charge in [-0.15, -0.1) is 23.2 Å². The van der Waals surface area contributed by atoms with Crippen molar-refractivity contribution in [3.05, 3.63) is 55.5 Å². The summed E-state index contributed by atoms with van der Waals surface area (Å²) >= 11 is 37.9. The van der Waals surface area contributed by atoms with Crippen LogP contribution in [-0.2, 0) is 5.41 Å². The van der Waals surface area contributed by atoms with E-state index in [1.165, 1.54) is 0 Å². The van der Waals surface area contributed by atoms with Gasteiger partial charge >= 0.3 is 0 Å². The molecule has 0 saturated heterocycles. The van der Waals surface area contributed by atoms with Gasteiger partial charge in [-0.05, 0) is 62.1 Å². The number of ether oxygens (including phenoxy) is 2. The average Bonchev–Trinajstić information content (AvgIpc) is 2.65. The van der Waals surface area contributed by atoms with Crippen molar-refractivity contribution in [3.8, 4) is 11.5 Å². The molecule has 0 aliphatic carbocycles. The summed E-state index contributed by atoms with van der Waals surface area (Å²) in [5, 5.41) is 1.76. The molecule has 31 heavy (non-hydrogen) atoms. The van der Waals surface area contributed by atoms with Gasteiger partial charge in [0.25, 0.3) is 0 Å². The van der Waals surface area contributed by atoms with Crippen molar-refractivity contribution in [1.82, 2.24) is 0 Å². The van der Waals surface area contributed by atoms with Crippen molar-refractivity contribution >= 4 is 69.6 Å². The van der Waals surface area contributed by atoms with E-state index in [1.807, 2.05) is 52.0 Å². The van der Waals surface area contributed by atoms with Crippen LogP contribution in [0, 0.1) is 0 Å². The van der Waals surface area contributed by atoms with Crippen LogP contribution in [0.5, 0.6) is 11.5 Å². The molecule has 0 radical (unpaired) electrons. The molecule has 2 atom stereocenters. The normalized spacial score (nSPS) is 13.7. The molecule has 0 aliphatic heterocycles. The molecule has 0 spiro atoms. The lowest BCUT2D eigenvalue weighted by Gasteiger charge is -2.28. The lowest BCUT2D eigenvalue weighted by Crippen LogP contribution is -2.19. The first-order valence-electron chi connectivity index (χ1n) is 9.96. The van der Waals surface area contributed by atoms with E-state index in [0.29, 0.717) is 57.6 Å². The Bertz CT molecular complexity index is 778. The highest BCUT2D eigenvalue weighted by Crippen LogP contribution is 2.43. The minimum Gasteiger partial charge on any atom is -0.490 e. The van der Waals surface area contributed by atoms with E-state index in [9.17, 15) is 0 Å². The van der Waals surface area contributed by atoms with Crippen LogP contribution >= 0.6 is 69.6 Å². The van der Waals surface area contributed by atoms with Gasteiger partial charge in [-0.25, -0.2) is 0 Å². The Labute approximate surface area is 215 Å². The molecule has 0 N–H and O–H groups in total. The van der Waals surface area contributed by atoms with Crippen LogP contribution in [0.3, 0.4) is 0 Å². The summed E-state index contributed by atoms with van der Waals surface area (Å²) in [7, 11) is 0. The summed E-state index contributed by atoms with van der Waals surface area (Å²) < 4.78 is 11.5. The largest absolute Gasteiger partial charge is 0.490 e. The molecule has 2 rings (SSSR count).